The van der Waals surface area contributed by atoms with Gasteiger partial charge in [-0.25, -0.2) is 0 Å². The Kier molecular flexibility index (Phi) is 11.0. The molecule has 0 heterocycles. The van der Waals surface area contributed by atoms with E-state index in [9.17, 15) is 5.11 Å². The fourth-order valence-electron chi connectivity index (χ4n) is 1.93. The van der Waals surface area contributed by atoms with E-state index in [4.69, 9.17) is 28.4 Å². The highest BCUT2D eigenvalue weighted by Crippen LogP contribution is 2.27. The van der Waals surface area contributed by atoms with Crippen LogP contribution in [0, 0.1) is 0 Å². The van der Waals surface area contributed by atoms with E-state index in [1.54, 1.807) is 14.2 Å². The summed E-state index contributed by atoms with van der Waals surface area (Å²) in [5.41, 5.74) is 0. The summed E-state index contributed by atoms with van der Waals surface area (Å²) in [5.74, 6) is 0. The Labute approximate surface area is 126 Å². The summed E-state index contributed by atoms with van der Waals surface area (Å²) in [6, 6.07) is 0. The summed E-state index contributed by atoms with van der Waals surface area (Å²) >= 11 is 0. The Morgan fingerprint density at radius 3 is 1.90 bits per heavy atom. The highest BCUT2D eigenvalue weighted by molar-refractivity contribution is 4.91. The first kappa shape index (κ1) is 18.8. The van der Waals surface area contributed by atoms with E-state index in [1.165, 1.54) is 0 Å². The van der Waals surface area contributed by atoms with Crippen LogP contribution in [0.3, 0.4) is 0 Å². The molecule has 0 radical (unpaired) electrons. The molecule has 0 aromatic heterocycles. The monoisotopic (exact) mass is 308 g/mol. The van der Waals surface area contributed by atoms with Crippen LogP contribution in [0.1, 0.15) is 6.42 Å². The summed E-state index contributed by atoms with van der Waals surface area (Å²) < 4.78 is 31.5. The van der Waals surface area contributed by atoms with Crippen LogP contribution < -0.4 is 0 Å². The molecule has 1 fully saturated rings. The first-order valence-corrected chi connectivity index (χ1v) is 7.34. The second-order valence-corrected chi connectivity index (χ2v) is 4.76. The lowest BCUT2D eigenvalue weighted by molar-refractivity contribution is -0.198. The maximum Gasteiger partial charge on any atom is 0.110 e. The molecule has 0 saturated heterocycles. The maximum absolute atomic E-state index is 9.62. The summed E-state index contributed by atoms with van der Waals surface area (Å²) in [6.07, 6.45) is -0.143. The zero-order chi connectivity index (χ0) is 15.3. The number of ether oxygens (including phenoxy) is 6. The van der Waals surface area contributed by atoms with Gasteiger partial charge in [0.15, 0.2) is 0 Å². The lowest BCUT2D eigenvalue weighted by Gasteiger charge is -2.40. The molecule has 126 valence electrons. The van der Waals surface area contributed by atoms with Crippen LogP contribution in [0.4, 0.5) is 0 Å². The predicted molar refractivity (Wildman–Crippen MR) is 75.5 cm³/mol. The van der Waals surface area contributed by atoms with Crippen LogP contribution in [-0.4, -0.2) is 90.5 Å². The van der Waals surface area contributed by atoms with Crippen molar-refractivity contribution in [1.82, 2.24) is 0 Å². The molecular formula is C14H28O7. The van der Waals surface area contributed by atoms with Gasteiger partial charge in [0.05, 0.1) is 65.1 Å². The fraction of sp³-hybridized carbons (Fsp3) is 1.00. The van der Waals surface area contributed by atoms with Crippen LogP contribution >= 0.6 is 0 Å². The standard InChI is InChI=1S/C14H28O7/c1-16-3-5-18-6-7-19-8-10-20-13-11-12(15)14(13)21-9-4-17-2/h12-15H,3-11H2,1-2H3. The van der Waals surface area contributed by atoms with E-state index >= 15 is 0 Å². The lowest BCUT2D eigenvalue weighted by atomic mass is 9.88. The molecule has 0 amide bonds. The van der Waals surface area contributed by atoms with Crippen molar-refractivity contribution >= 4 is 0 Å². The third kappa shape index (κ3) is 8.06. The van der Waals surface area contributed by atoms with E-state index < -0.39 is 6.10 Å². The molecule has 7 nitrogen and oxygen atoms in total. The van der Waals surface area contributed by atoms with Crippen molar-refractivity contribution in [3.8, 4) is 0 Å². The molecule has 1 aliphatic carbocycles. The van der Waals surface area contributed by atoms with Gasteiger partial charge in [0.25, 0.3) is 0 Å². The second-order valence-electron chi connectivity index (χ2n) is 4.76. The SMILES string of the molecule is COCCOCCOCCOC1CC(O)C1OCCOC. The molecule has 1 saturated carbocycles. The first-order chi connectivity index (χ1) is 10.3. The van der Waals surface area contributed by atoms with Gasteiger partial charge in [-0.2, -0.15) is 0 Å². The molecular weight excluding hydrogens is 280 g/mol. The smallest absolute Gasteiger partial charge is 0.110 e. The van der Waals surface area contributed by atoms with Gasteiger partial charge in [-0.3, -0.25) is 0 Å². The number of methoxy groups -OCH3 is 2. The van der Waals surface area contributed by atoms with Crippen LogP contribution in [-0.2, 0) is 28.4 Å². The lowest BCUT2D eigenvalue weighted by Crippen LogP contribution is -2.54. The van der Waals surface area contributed by atoms with Crippen molar-refractivity contribution in [2.24, 2.45) is 0 Å². The van der Waals surface area contributed by atoms with E-state index in [2.05, 4.69) is 0 Å². The Morgan fingerprint density at radius 2 is 1.29 bits per heavy atom. The second kappa shape index (κ2) is 12.3. The normalized spacial score (nSPS) is 25.0. The van der Waals surface area contributed by atoms with Crippen molar-refractivity contribution in [3.63, 3.8) is 0 Å². The third-order valence-corrected chi connectivity index (χ3v) is 3.18. The molecule has 0 aromatic carbocycles. The van der Waals surface area contributed by atoms with Gasteiger partial charge in [-0.15, -0.1) is 0 Å². The molecule has 0 aromatic rings. The quantitative estimate of drug-likeness (QED) is 0.447. The van der Waals surface area contributed by atoms with Crippen LogP contribution in [0.25, 0.3) is 0 Å². The van der Waals surface area contributed by atoms with Gasteiger partial charge in [0.2, 0.25) is 0 Å². The van der Waals surface area contributed by atoms with Gasteiger partial charge in [0, 0.05) is 20.6 Å². The topological polar surface area (TPSA) is 75.6 Å². The number of hydrogen-bond acceptors (Lipinski definition) is 7. The van der Waals surface area contributed by atoms with E-state index in [1.807, 2.05) is 0 Å². The number of hydrogen-bond donors (Lipinski definition) is 1. The number of aliphatic hydroxyl groups is 1. The average Bonchev–Trinajstić information content (AvgIpc) is 2.48. The maximum atomic E-state index is 9.62. The summed E-state index contributed by atoms with van der Waals surface area (Å²) in [4.78, 5) is 0. The Morgan fingerprint density at radius 1 is 0.762 bits per heavy atom. The zero-order valence-corrected chi connectivity index (χ0v) is 13.0. The largest absolute Gasteiger partial charge is 0.390 e. The average molecular weight is 308 g/mol. The third-order valence-electron chi connectivity index (χ3n) is 3.18. The molecule has 7 heteroatoms. The molecule has 1 rings (SSSR count). The minimum absolute atomic E-state index is 0.0570. The molecule has 3 atom stereocenters. The molecule has 0 bridgehead atoms. The van der Waals surface area contributed by atoms with Crippen LogP contribution in [0.5, 0.6) is 0 Å². The van der Waals surface area contributed by atoms with Crippen molar-refractivity contribution in [3.05, 3.63) is 0 Å². The molecule has 21 heavy (non-hydrogen) atoms. The van der Waals surface area contributed by atoms with Crippen LogP contribution in [0.2, 0.25) is 0 Å². The van der Waals surface area contributed by atoms with Crippen LogP contribution in [0.15, 0.2) is 0 Å². The predicted octanol–water partition coefficient (Wildman–Crippen LogP) is -0.153. The highest BCUT2D eigenvalue weighted by atomic mass is 16.6. The van der Waals surface area contributed by atoms with E-state index in [-0.39, 0.29) is 12.2 Å². The molecule has 0 aliphatic heterocycles. The van der Waals surface area contributed by atoms with Crippen molar-refractivity contribution in [2.75, 3.05) is 67.1 Å². The molecule has 3 unspecified atom stereocenters. The van der Waals surface area contributed by atoms with E-state index in [0.29, 0.717) is 59.3 Å². The molecule has 1 N–H and O–H groups in total. The fourth-order valence-corrected chi connectivity index (χ4v) is 1.93. The zero-order valence-electron chi connectivity index (χ0n) is 13.0. The minimum Gasteiger partial charge on any atom is -0.390 e. The van der Waals surface area contributed by atoms with Gasteiger partial charge < -0.3 is 33.5 Å². The molecule has 1 aliphatic rings. The van der Waals surface area contributed by atoms with Gasteiger partial charge in [-0.05, 0) is 0 Å². The van der Waals surface area contributed by atoms with E-state index in [0.717, 1.165) is 0 Å². The number of aliphatic hydroxyl groups excluding tert-OH is 1. The summed E-state index contributed by atoms with van der Waals surface area (Å²) in [5, 5.41) is 9.62. The minimum atomic E-state index is -0.443. The van der Waals surface area contributed by atoms with Gasteiger partial charge in [-0.1, -0.05) is 0 Å². The highest BCUT2D eigenvalue weighted by Gasteiger charge is 2.41. The number of rotatable bonds is 14. The summed E-state index contributed by atoms with van der Waals surface area (Å²) in [6.45, 7) is 4.23. The van der Waals surface area contributed by atoms with Crippen molar-refractivity contribution in [1.29, 1.82) is 0 Å². The molecule has 0 spiro atoms. The van der Waals surface area contributed by atoms with Crippen molar-refractivity contribution < 1.29 is 33.5 Å². The Hall–Kier alpha value is -0.280. The van der Waals surface area contributed by atoms with Crippen molar-refractivity contribution in [2.45, 2.75) is 24.7 Å². The Bertz CT molecular complexity index is 239. The van der Waals surface area contributed by atoms with Gasteiger partial charge in [0.1, 0.15) is 6.10 Å². The van der Waals surface area contributed by atoms with Gasteiger partial charge >= 0.3 is 0 Å². The Balaban J connectivity index is 1.90. The first-order valence-electron chi connectivity index (χ1n) is 7.34. The summed E-state index contributed by atoms with van der Waals surface area (Å²) in [7, 11) is 3.26.